The van der Waals surface area contributed by atoms with Gasteiger partial charge in [0.1, 0.15) is 4.70 Å². The van der Waals surface area contributed by atoms with Gasteiger partial charge < -0.3 is 0 Å². The minimum atomic E-state index is 0.684. The van der Waals surface area contributed by atoms with E-state index in [9.17, 15) is 5.21 Å². The molecule has 0 bridgehead atoms. The Labute approximate surface area is 91.5 Å². The van der Waals surface area contributed by atoms with Crippen LogP contribution >= 0.6 is 45.5 Å². The van der Waals surface area contributed by atoms with Crippen molar-refractivity contribution in [1.29, 1.82) is 0 Å². The highest BCUT2D eigenvalue weighted by Gasteiger charge is 2.14. The Bertz CT molecular complexity index is 403. The van der Waals surface area contributed by atoms with Crippen molar-refractivity contribution in [1.82, 2.24) is 0 Å². The Kier molecular flexibility index (Phi) is 2.14. The third-order valence-corrected chi connectivity index (χ3v) is 3.85. The van der Waals surface area contributed by atoms with E-state index in [1.54, 1.807) is 17.4 Å². The maximum atomic E-state index is 9.37. The summed E-state index contributed by atoms with van der Waals surface area (Å²) in [5.41, 5.74) is 0.761. The van der Waals surface area contributed by atoms with Crippen molar-refractivity contribution in [3.8, 4) is 0 Å². The average Bonchev–Trinajstić information content (AvgIpc) is 2.41. The zero-order valence-corrected chi connectivity index (χ0v) is 9.52. The Balaban J connectivity index is 2.93. The standard InChI is InChI=1S/C7H4ClINOS/c8-4-1-2-10(11)5-3-6(9)12-7(4)5/h1-3,11H/q+1. The highest BCUT2D eigenvalue weighted by molar-refractivity contribution is 14.1. The van der Waals surface area contributed by atoms with Gasteiger partial charge in [-0.1, -0.05) is 11.6 Å². The van der Waals surface area contributed by atoms with Crippen LogP contribution in [0.1, 0.15) is 0 Å². The maximum absolute atomic E-state index is 9.37. The fourth-order valence-electron chi connectivity index (χ4n) is 0.986. The molecule has 0 radical (unpaired) electrons. The zero-order valence-electron chi connectivity index (χ0n) is 5.79. The number of hydrogen-bond donors (Lipinski definition) is 1. The van der Waals surface area contributed by atoms with Crippen LogP contribution < -0.4 is 4.73 Å². The van der Waals surface area contributed by atoms with Gasteiger partial charge in [-0.3, -0.25) is 5.21 Å². The smallest absolute Gasteiger partial charge is 0.277 e. The van der Waals surface area contributed by atoms with E-state index in [1.165, 1.54) is 6.20 Å². The maximum Gasteiger partial charge on any atom is 0.277 e. The van der Waals surface area contributed by atoms with Crippen molar-refractivity contribution in [3.05, 3.63) is 26.2 Å². The van der Waals surface area contributed by atoms with Gasteiger partial charge in [-0.05, 0) is 22.6 Å². The summed E-state index contributed by atoms with van der Waals surface area (Å²) in [7, 11) is 0. The molecule has 0 amide bonds. The molecule has 62 valence electrons. The van der Waals surface area contributed by atoms with Gasteiger partial charge in [0.05, 0.1) is 7.91 Å². The van der Waals surface area contributed by atoms with Crippen LogP contribution in [0.2, 0.25) is 5.02 Å². The van der Waals surface area contributed by atoms with E-state index in [2.05, 4.69) is 22.6 Å². The molecule has 2 nitrogen and oxygen atoms in total. The molecule has 0 aliphatic rings. The Hall–Kier alpha value is -0.0700. The summed E-state index contributed by atoms with van der Waals surface area (Å²) in [5, 5.41) is 10.1. The molecule has 2 heterocycles. The second-order valence-electron chi connectivity index (χ2n) is 2.27. The second-order valence-corrected chi connectivity index (χ2v) is 5.63. The Morgan fingerprint density at radius 2 is 2.33 bits per heavy atom. The quantitative estimate of drug-likeness (QED) is 0.451. The zero-order chi connectivity index (χ0) is 8.72. The fourth-order valence-corrected chi connectivity index (χ4v) is 3.00. The normalized spacial score (nSPS) is 10.8. The number of aromatic nitrogens is 1. The first-order chi connectivity index (χ1) is 5.68. The molecule has 0 saturated carbocycles. The highest BCUT2D eigenvalue weighted by atomic mass is 127. The first-order valence-corrected chi connectivity index (χ1v) is 5.44. The Morgan fingerprint density at radius 3 is 3.00 bits per heavy atom. The summed E-state index contributed by atoms with van der Waals surface area (Å²) in [4.78, 5) is 0. The minimum absolute atomic E-state index is 0.684. The molecule has 0 fully saturated rings. The second kappa shape index (κ2) is 3.01. The van der Waals surface area contributed by atoms with Crippen LogP contribution in [0.25, 0.3) is 10.2 Å². The van der Waals surface area contributed by atoms with Crippen LogP contribution in [-0.2, 0) is 0 Å². The number of fused-ring (bicyclic) bond motifs is 1. The van der Waals surface area contributed by atoms with Crippen LogP contribution in [0, 0.1) is 2.88 Å². The molecular weight excluding hydrogens is 309 g/mol. The molecular formula is C7H4ClINOS+. The van der Waals surface area contributed by atoms with Crippen LogP contribution in [-0.4, -0.2) is 5.21 Å². The van der Waals surface area contributed by atoms with E-state index in [0.29, 0.717) is 5.02 Å². The summed E-state index contributed by atoms with van der Waals surface area (Å²) in [6, 6.07) is 3.57. The summed E-state index contributed by atoms with van der Waals surface area (Å²) in [6.45, 7) is 0. The van der Waals surface area contributed by atoms with Crippen molar-refractivity contribution in [2.24, 2.45) is 0 Å². The van der Waals surface area contributed by atoms with Crippen molar-refractivity contribution >= 4 is 55.7 Å². The van der Waals surface area contributed by atoms with Crippen LogP contribution in [0.4, 0.5) is 0 Å². The van der Waals surface area contributed by atoms with Crippen molar-refractivity contribution in [2.45, 2.75) is 0 Å². The SMILES string of the molecule is O[n+]1ccc(Cl)c2sc(I)cc21. The van der Waals surface area contributed by atoms with E-state index < -0.39 is 0 Å². The molecule has 0 unspecified atom stereocenters. The number of halogens is 2. The molecule has 0 aliphatic carbocycles. The van der Waals surface area contributed by atoms with Crippen LogP contribution in [0.5, 0.6) is 0 Å². The van der Waals surface area contributed by atoms with Gasteiger partial charge in [-0.25, -0.2) is 0 Å². The number of thiophene rings is 1. The predicted octanol–water partition coefficient (Wildman–Crippen LogP) is 2.68. The first kappa shape index (κ1) is 8.52. The lowest BCUT2D eigenvalue weighted by Crippen LogP contribution is -2.29. The molecule has 2 aromatic heterocycles. The van der Waals surface area contributed by atoms with E-state index in [1.807, 2.05) is 6.07 Å². The molecule has 0 saturated heterocycles. The summed E-state index contributed by atoms with van der Waals surface area (Å²) >= 11 is 9.69. The van der Waals surface area contributed by atoms with Gasteiger partial charge >= 0.3 is 0 Å². The Morgan fingerprint density at radius 1 is 1.58 bits per heavy atom. The molecule has 0 spiro atoms. The minimum Gasteiger partial charge on any atom is -0.284 e. The van der Waals surface area contributed by atoms with E-state index in [0.717, 1.165) is 17.8 Å². The molecule has 0 aromatic carbocycles. The molecule has 12 heavy (non-hydrogen) atoms. The average molecular weight is 313 g/mol. The largest absolute Gasteiger partial charge is 0.284 e. The van der Waals surface area contributed by atoms with Gasteiger partial charge in [0.25, 0.3) is 5.52 Å². The monoisotopic (exact) mass is 312 g/mol. The predicted molar refractivity (Wildman–Crippen MR) is 56.9 cm³/mol. The third kappa shape index (κ3) is 1.27. The topological polar surface area (TPSA) is 24.1 Å². The lowest BCUT2D eigenvalue weighted by molar-refractivity contribution is -0.884. The third-order valence-electron chi connectivity index (χ3n) is 1.51. The number of pyridine rings is 1. The lowest BCUT2D eigenvalue weighted by Gasteiger charge is -1.87. The van der Waals surface area contributed by atoms with Gasteiger partial charge in [0.15, 0.2) is 0 Å². The number of hydrogen-bond acceptors (Lipinski definition) is 2. The van der Waals surface area contributed by atoms with Crippen LogP contribution in [0.15, 0.2) is 18.3 Å². The van der Waals surface area contributed by atoms with Gasteiger partial charge in [-0.15, -0.1) is 11.3 Å². The van der Waals surface area contributed by atoms with E-state index in [4.69, 9.17) is 11.6 Å². The van der Waals surface area contributed by atoms with Crippen molar-refractivity contribution in [2.75, 3.05) is 0 Å². The molecule has 0 atom stereocenters. The number of rotatable bonds is 0. The fraction of sp³-hybridized carbons (Fsp3) is 0. The number of nitrogens with zero attached hydrogens (tertiary/aromatic N) is 1. The van der Waals surface area contributed by atoms with Gasteiger partial charge in [0, 0.05) is 16.9 Å². The van der Waals surface area contributed by atoms with Gasteiger partial charge in [-0.2, -0.15) is 0 Å². The molecule has 2 rings (SSSR count). The van der Waals surface area contributed by atoms with E-state index in [-0.39, 0.29) is 0 Å². The highest BCUT2D eigenvalue weighted by Crippen LogP contribution is 2.29. The molecule has 0 aliphatic heterocycles. The van der Waals surface area contributed by atoms with Gasteiger partial charge in [0.2, 0.25) is 6.20 Å². The first-order valence-electron chi connectivity index (χ1n) is 3.17. The summed E-state index contributed by atoms with van der Waals surface area (Å²) < 4.78 is 3.12. The van der Waals surface area contributed by atoms with Crippen LogP contribution in [0.3, 0.4) is 0 Å². The van der Waals surface area contributed by atoms with Crippen molar-refractivity contribution < 1.29 is 9.94 Å². The molecule has 2 aromatic rings. The molecule has 1 N–H and O–H groups in total. The summed E-state index contributed by atoms with van der Waals surface area (Å²) in [5.74, 6) is 0. The summed E-state index contributed by atoms with van der Waals surface area (Å²) in [6.07, 6.45) is 1.54. The van der Waals surface area contributed by atoms with Crippen molar-refractivity contribution in [3.63, 3.8) is 0 Å². The molecule has 5 heteroatoms. The lowest BCUT2D eigenvalue weighted by atomic mass is 10.4. The van der Waals surface area contributed by atoms with E-state index >= 15 is 0 Å².